The lowest BCUT2D eigenvalue weighted by molar-refractivity contribution is -0.564. The quantitative estimate of drug-likeness (QED) is 0.388. The van der Waals surface area contributed by atoms with Gasteiger partial charge in [0.2, 0.25) is 5.52 Å². The predicted molar refractivity (Wildman–Crippen MR) is 96.6 cm³/mol. The fourth-order valence-corrected chi connectivity index (χ4v) is 2.96. The molecule has 0 atom stereocenters. The van der Waals surface area contributed by atoms with Gasteiger partial charge in [-0.15, -0.1) is 0 Å². The number of fused-ring (bicyclic) bond motifs is 1. The zero-order valence-electron chi connectivity index (χ0n) is 12.7. The van der Waals surface area contributed by atoms with E-state index >= 15 is 0 Å². The Morgan fingerprint density at radius 1 is 0.792 bits per heavy atom. The van der Waals surface area contributed by atoms with Gasteiger partial charge < -0.3 is 5.21 Å². The van der Waals surface area contributed by atoms with Gasteiger partial charge in [0.05, 0.1) is 0 Å². The molecule has 4 heteroatoms. The van der Waals surface area contributed by atoms with Crippen molar-refractivity contribution in [3.05, 3.63) is 89.1 Å². The first-order valence-corrected chi connectivity index (χ1v) is 7.95. The molecular formula is C20H13ClN2O. The molecule has 0 fully saturated rings. The van der Waals surface area contributed by atoms with Crippen LogP contribution in [0.1, 0.15) is 0 Å². The summed E-state index contributed by atoms with van der Waals surface area (Å²) in [7, 11) is 0. The average molecular weight is 333 g/mol. The molecule has 1 aromatic heterocycles. The largest absolute Gasteiger partial charge is 0.618 e. The highest BCUT2D eigenvalue weighted by Crippen LogP contribution is 2.30. The van der Waals surface area contributed by atoms with Gasteiger partial charge in [0.25, 0.3) is 5.69 Å². The standard InChI is InChI=1S/C20H13ClN2O/c21-16-11-12-17-18(13-16)23(24)20(15-9-5-2-6-10-15)19(22-17)14-7-3-1-4-8-14/h1-13H. The Balaban J connectivity index is 2.12. The molecule has 4 aromatic rings. The number of halogens is 1. The van der Waals surface area contributed by atoms with Crippen LogP contribution >= 0.6 is 11.6 Å². The summed E-state index contributed by atoms with van der Waals surface area (Å²) in [5.74, 6) is 0. The highest BCUT2D eigenvalue weighted by molar-refractivity contribution is 6.31. The highest BCUT2D eigenvalue weighted by atomic mass is 35.5. The van der Waals surface area contributed by atoms with E-state index in [9.17, 15) is 5.21 Å². The zero-order valence-corrected chi connectivity index (χ0v) is 13.4. The summed E-state index contributed by atoms with van der Waals surface area (Å²) in [5.41, 5.74) is 3.98. The molecule has 1 heterocycles. The number of nitrogens with zero attached hydrogens (tertiary/aromatic N) is 2. The third-order valence-corrected chi connectivity index (χ3v) is 4.15. The Kier molecular flexibility index (Phi) is 3.63. The number of aromatic nitrogens is 2. The molecular weight excluding hydrogens is 320 g/mol. The van der Waals surface area contributed by atoms with E-state index in [1.165, 1.54) is 0 Å². The van der Waals surface area contributed by atoms with Crippen molar-refractivity contribution in [1.29, 1.82) is 0 Å². The van der Waals surface area contributed by atoms with Crippen molar-refractivity contribution >= 4 is 22.6 Å². The van der Waals surface area contributed by atoms with Crippen molar-refractivity contribution in [3.8, 4) is 22.5 Å². The molecule has 24 heavy (non-hydrogen) atoms. The maximum atomic E-state index is 13.1. The fourth-order valence-electron chi connectivity index (χ4n) is 2.79. The highest BCUT2D eigenvalue weighted by Gasteiger charge is 2.22. The molecule has 4 rings (SSSR count). The van der Waals surface area contributed by atoms with Gasteiger partial charge in [-0.2, -0.15) is 4.73 Å². The third kappa shape index (κ3) is 2.49. The van der Waals surface area contributed by atoms with Crippen LogP contribution < -0.4 is 4.73 Å². The summed E-state index contributed by atoms with van der Waals surface area (Å²) in [6, 6.07) is 24.5. The van der Waals surface area contributed by atoms with E-state index in [1.54, 1.807) is 18.2 Å². The second-order valence-electron chi connectivity index (χ2n) is 5.47. The van der Waals surface area contributed by atoms with Crippen molar-refractivity contribution in [2.24, 2.45) is 0 Å². The van der Waals surface area contributed by atoms with Crippen LogP contribution in [0.5, 0.6) is 0 Å². The summed E-state index contributed by atoms with van der Waals surface area (Å²) >= 11 is 6.07. The average Bonchev–Trinajstić information content (AvgIpc) is 2.63. The van der Waals surface area contributed by atoms with E-state index < -0.39 is 0 Å². The second kappa shape index (κ2) is 5.95. The minimum absolute atomic E-state index is 0.459. The molecule has 0 N–H and O–H groups in total. The van der Waals surface area contributed by atoms with Crippen LogP contribution in [0.15, 0.2) is 78.9 Å². The molecule has 3 nitrogen and oxygen atoms in total. The lowest BCUT2D eigenvalue weighted by atomic mass is 10.0. The lowest BCUT2D eigenvalue weighted by Gasteiger charge is -2.12. The summed E-state index contributed by atoms with van der Waals surface area (Å²) in [6.07, 6.45) is 0. The van der Waals surface area contributed by atoms with E-state index in [0.717, 1.165) is 15.9 Å². The predicted octanol–water partition coefficient (Wildman–Crippen LogP) is 4.86. The van der Waals surface area contributed by atoms with Crippen molar-refractivity contribution in [3.63, 3.8) is 0 Å². The van der Waals surface area contributed by atoms with Crippen LogP contribution in [0.3, 0.4) is 0 Å². The van der Waals surface area contributed by atoms with Gasteiger partial charge in [-0.25, -0.2) is 4.98 Å². The normalized spacial score (nSPS) is 10.9. The summed E-state index contributed by atoms with van der Waals surface area (Å²) in [5, 5.41) is 13.6. The lowest BCUT2D eigenvalue weighted by Crippen LogP contribution is -2.31. The number of hydrogen-bond acceptors (Lipinski definition) is 2. The molecule has 0 aliphatic heterocycles. The Hall–Kier alpha value is -2.91. The van der Waals surface area contributed by atoms with Gasteiger partial charge in [-0.1, -0.05) is 60.1 Å². The second-order valence-corrected chi connectivity index (χ2v) is 5.90. The van der Waals surface area contributed by atoms with Crippen LogP contribution in [-0.4, -0.2) is 4.98 Å². The molecule has 0 aliphatic rings. The van der Waals surface area contributed by atoms with E-state index in [4.69, 9.17) is 16.6 Å². The van der Waals surface area contributed by atoms with Crippen LogP contribution in [-0.2, 0) is 0 Å². The number of hydrogen-bond donors (Lipinski definition) is 0. The molecule has 0 unspecified atom stereocenters. The molecule has 0 bridgehead atoms. The first kappa shape index (κ1) is 14.7. The minimum Gasteiger partial charge on any atom is -0.618 e. The first-order chi connectivity index (χ1) is 11.7. The van der Waals surface area contributed by atoms with Crippen LogP contribution in [0.2, 0.25) is 5.02 Å². The molecule has 116 valence electrons. The SMILES string of the molecule is [O-][n+]1c(-c2ccccc2)c(-c2ccccc2)nc2ccc(Cl)cc21. The van der Waals surface area contributed by atoms with Crippen LogP contribution in [0.4, 0.5) is 0 Å². The van der Waals surface area contributed by atoms with Gasteiger partial charge in [0.15, 0.2) is 0 Å². The Bertz CT molecular complexity index is 1020. The maximum absolute atomic E-state index is 13.1. The summed E-state index contributed by atoms with van der Waals surface area (Å²) in [6.45, 7) is 0. The van der Waals surface area contributed by atoms with E-state index in [2.05, 4.69) is 0 Å². The molecule has 0 saturated carbocycles. The van der Waals surface area contributed by atoms with Gasteiger partial charge in [-0.05, 0) is 24.3 Å². The van der Waals surface area contributed by atoms with Crippen molar-refractivity contribution in [2.45, 2.75) is 0 Å². The zero-order chi connectivity index (χ0) is 16.5. The number of benzene rings is 3. The molecule has 3 aromatic carbocycles. The summed E-state index contributed by atoms with van der Waals surface area (Å²) in [4.78, 5) is 4.74. The number of rotatable bonds is 2. The molecule has 0 spiro atoms. The van der Waals surface area contributed by atoms with E-state index in [0.29, 0.717) is 27.4 Å². The van der Waals surface area contributed by atoms with Crippen LogP contribution in [0, 0.1) is 5.21 Å². The molecule has 0 aliphatic carbocycles. The van der Waals surface area contributed by atoms with Crippen molar-refractivity contribution < 1.29 is 4.73 Å². The Morgan fingerprint density at radius 2 is 1.42 bits per heavy atom. The first-order valence-electron chi connectivity index (χ1n) is 7.58. The van der Waals surface area contributed by atoms with E-state index in [-0.39, 0.29) is 0 Å². The molecule has 0 amide bonds. The minimum atomic E-state index is 0.459. The molecule has 0 saturated heterocycles. The van der Waals surface area contributed by atoms with Crippen LogP contribution in [0.25, 0.3) is 33.5 Å². The third-order valence-electron chi connectivity index (χ3n) is 3.91. The van der Waals surface area contributed by atoms with Gasteiger partial charge in [0, 0.05) is 22.2 Å². The maximum Gasteiger partial charge on any atom is 0.250 e. The Labute approximate surface area is 144 Å². The van der Waals surface area contributed by atoms with Crippen molar-refractivity contribution in [2.75, 3.05) is 0 Å². The fraction of sp³-hybridized carbons (Fsp3) is 0. The monoisotopic (exact) mass is 332 g/mol. The van der Waals surface area contributed by atoms with Gasteiger partial charge >= 0.3 is 0 Å². The van der Waals surface area contributed by atoms with Gasteiger partial charge in [-0.3, -0.25) is 0 Å². The summed E-state index contributed by atoms with van der Waals surface area (Å²) < 4.78 is 0.922. The van der Waals surface area contributed by atoms with Gasteiger partial charge in [0.1, 0.15) is 11.2 Å². The topological polar surface area (TPSA) is 39.8 Å². The van der Waals surface area contributed by atoms with E-state index in [1.807, 2.05) is 60.7 Å². The Morgan fingerprint density at radius 3 is 2.08 bits per heavy atom. The van der Waals surface area contributed by atoms with Crippen molar-refractivity contribution in [1.82, 2.24) is 4.98 Å². The smallest absolute Gasteiger partial charge is 0.250 e. The molecule has 0 radical (unpaired) electrons.